The standard InChI is InChI=1S/C17H14O2/c18-17(19)11-13-10-9-12-5-1-2-6-14(12)16-8-4-3-7-15(13)16/h1-8,11H,9-10H2,(H,18,19)/b13-11-. The zero-order chi connectivity index (χ0) is 13.2. The Bertz CT molecular complexity index is 668. The van der Waals surface area contributed by atoms with Crippen LogP contribution in [-0.2, 0) is 11.2 Å². The summed E-state index contributed by atoms with van der Waals surface area (Å²) in [5.41, 5.74) is 5.56. The van der Waals surface area contributed by atoms with E-state index < -0.39 is 5.97 Å². The van der Waals surface area contributed by atoms with E-state index in [9.17, 15) is 4.79 Å². The summed E-state index contributed by atoms with van der Waals surface area (Å²) in [5.74, 6) is -0.879. The molecule has 0 aromatic heterocycles. The molecule has 2 aromatic rings. The number of hydrogen-bond donors (Lipinski definition) is 1. The molecule has 3 rings (SSSR count). The lowest BCUT2D eigenvalue weighted by Gasteiger charge is -2.09. The maximum atomic E-state index is 11.0. The second-order valence-electron chi connectivity index (χ2n) is 4.71. The number of fused-ring (bicyclic) bond motifs is 3. The lowest BCUT2D eigenvalue weighted by Crippen LogP contribution is -1.93. The van der Waals surface area contributed by atoms with Crippen molar-refractivity contribution in [3.63, 3.8) is 0 Å². The van der Waals surface area contributed by atoms with Gasteiger partial charge < -0.3 is 5.11 Å². The van der Waals surface area contributed by atoms with Crippen molar-refractivity contribution in [3.05, 3.63) is 65.7 Å². The Hall–Kier alpha value is -2.35. The van der Waals surface area contributed by atoms with Crippen LogP contribution in [0.4, 0.5) is 0 Å². The van der Waals surface area contributed by atoms with Gasteiger partial charge in [0.15, 0.2) is 0 Å². The van der Waals surface area contributed by atoms with Gasteiger partial charge in [0.2, 0.25) is 0 Å². The number of hydrogen-bond acceptors (Lipinski definition) is 1. The van der Waals surface area contributed by atoms with Crippen LogP contribution in [0.2, 0.25) is 0 Å². The first-order chi connectivity index (χ1) is 9.25. The average Bonchev–Trinajstić information content (AvgIpc) is 2.57. The Kier molecular flexibility index (Phi) is 2.92. The molecule has 2 nitrogen and oxygen atoms in total. The first-order valence-electron chi connectivity index (χ1n) is 6.37. The van der Waals surface area contributed by atoms with Gasteiger partial charge in [-0.2, -0.15) is 0 Å². The summed E-state index contributed by atoms with van der Waals surface area (Å²) in [7, 11) is 0. The predicted molar refractivity (Wildman–Crippen MR) is 75.8 cm³/mol. The van der Waals surface area contributed by atoms with E-state index in [1.807, 2.05) is 30.3 Å². The lowest BCUT2D eigenvalue weighted by atomic mass is 9.95. The quantitative estimate of drug-likeness (QED) is 0.782. The zero-order valence-electron chi connectivity index (χ0n) is 10.5. The average molecular weight is 250 g/mol. The molecule has 0 bridgehead atoms. The van der Waals surface area contributed by atoms with E-state index in [0.29, 0.717) is 0 Å². The van der Waals surface area contributed by atoms with Crippen molar-refractivity contribution in [3.8, 4) is 11.1 Å². The number of benzene rings is 2. The van der Waals surface area contributed by atoms with E-state index in [0.717, 1.165) is 29.5 Å². The third-order valence-corrected chi connectivity index (χ3v) is 3.54. The molecule has 0 unspecified atom stereocenters. The molecule has 0 spiro atoms. The summed E-state index contributed by atoms with van der Waals surface area (Å²) in [5, 5.41) is 9.02. The van der Waals surface area contributed by atoms with E-state index in [4.69, 9.17) is 5.11 Å². The highest BCUT2D eigenvalue weighted by Gasteiger charge is 2.17. The number of rotatable bonds is 1. The van der Waals surface area contributed by atoms with Gasteiger partial charge in [-0.25, -0.2) is 4.79 Å². The summed E-state index contributed by atoms with van der Waals surface area (Å²) in [6, 6.07) is 16.3. The van der Waals surface area contributed by atoms with Gasteiger partial charge in [-0.15, -0.1) is 0 Å². The number of aliphatic carboxylic acids is 1. The molecule has 1 aliphatic rings. The molecule has 19 heavy (non-hydrogen) atoms. The fourth-order valence-corrected chi connectivity index (χ4v) is 2.70. The largest absolute Gasteiger partial charge is 0.478 e. The molecule has 0 amide bonds. The molecular formula is C17H14O2. The Morgan fingerprint density at radius 2 is 1.53 bits per heavy atom. The molecule has 0 saturated carbocycles. The second kappa shape index (κ2) is 4.73. The van der Waals surface area contributed by atoms with E-state index in [1.165, 1.54) is 17.2 Å². The molecule has 2 aromatic carbocycles. The van der Waals surface area contributed by atoms with Gasteiger partial charge in [-0.05, 0) is 40.7 Å². The normalized spacial score (nSPS) is 15.5. The smallest absolute Gasteiger partial charge is 0.328 e. The first-order valence-corrected chi connectivity index (χ1v) is 6.37. The number of allylic oxidation sites excluding steroid dienone is 1. The highest BCUT2D eigenvalue weighted by Crippen LogP contribution is 2.37. The third-order valence-electron chi connectivity index (χ3n) is 3.54. The van der Waals surface area contributed by atoms with Crippen molar-refractivity contribution in [1.29, 1.82) is 0 Å². The van der Waals surface area contributed by atoms with Crippen molar-refractivity contribution >= 4 is 11.5 Å². The minimum absolute atomic E-state index is 0.764. The molecule has 0 aliphatic heterocycles. The van der Waals surface area contributed by atoms with E-state index in [2.05, 4.69) is 18.2 Å². The van der Waals surface area contributed by atoms with Gasteiger partial charge >= 0.3 is 5.97 Å². The summed E-state index contributed by atoms with van der Waals surface area (Å²) in [6.45, 7) is 0. The van der Waals surface area contributed by atoms with Gasteiger partial charge in [0.05, 0.1) is 0 Å². The lowest BCUT2D eigenvalue weighted by molar-refractivity contribution is -0.131. The SMILES string of the molecule is O=C(O)/C=C1/CCc2ccccc2-c2ccccc21. The van der Waals surface area contributed by atoms with Crippen molar-refractivity contribution in [1.82, 2.24) is 0 Å². The molecule has 0 fully saturated rings. The third kappa shape index (κ3) is 2.17. The Morgan fingerprint density at radius 3 is 2.26 bits per heavy atom. The van der Waals surface area contributed by atoms with E-state index >= 15 is 0 Å². The molecular weight excluding hydrogens is 236 g/mol. The van der Waals surface area contributed by atoms with Crippen molar-refractivity contribution < 1.29 is 9.90 Å². The molecule has 0 radical (unpaired) electrons. The van der Waals surface area contributed by atoms with Crippen LogP contribution in [0.5, 0.6) is 0 Å². The summed E-state index contributed by atoms with van der Waals surface area (Å²) in [4.78, 5) is 11.0. The fraction of sp³-hybridized carbons (Fsp3) is 0.118. The Balaban J connectivity index is 2.25. The van der Waals surface area contributed by atoms with Crippen LogP contribution in [0.15, 0.2) is 54.6 Å². The first kappa shape index (κ1) is 11.7. The van der Waals surface area contributed by atoms with Crippen LogP contribution in [-0.4, -0.2) is 11.1 Å². The maximum absolute atomic E-state index is 11.0. The number of carboxylic acids is 1. The summed E-state index contributed by atoms with van der Waals surface area (Å²) in [6.07, 6.45) is 2.98. The van der Waals surface area contributed by atoms with Crippen molar-refractivity contribution in [2.24, 2.45) is 0 Å². The molecule has 0 atom stereocenters. The molecule has 1 aliphatic carbocycles. The monoisotopic (exact) mass is 250 g/mol. The van der Waals surface area contributed by atoms with Gasteiger partial charge in [0.25, 0.3) is 0 Å². The summed E-state index contributed by atoms with van der Waals surface area (Å²) >= 11 is 0. The van der Waals surface area contributed by atoms with Gasteiger partial charge in [0.1, 0.15) is 0 Å². The molecule has 94 valence electrons. The number of aryl methyl sites for hydroxylation is 1. The van der Waals surface area contributed by atoms with Gasteiger partial charge in [-0.1, -0.05) is 48.5 Å². The maximum Gasteiger partial charge on any atom is 0.328 e. The Morgan fingerprint density at radius 1 is 0.895 bits per heavy atom. The van der Waals surface area contributed by atoms with Crippen LogP contribution >= 0.6 is 0 Å². The topological polar surface area (TPSA) is 37.3 Å². The second-order valence-corrected chi connectivity index (χ2v) is 4.71. The molecule has 2 heteroatoms. The van der Waals surface area contributed by atoms with Crippen molar-refractivity contribution in [2.45, 2.75) is 12.8 Å². The van der Waals surface area contributed by atoms with Crippen LogP contribution in [0.1, 0.15) is 17.5 Å². The molecule has 0 saturated heterocycles. The van der Waals surface area contributed by atoms with E-state index in [-0.39, 0.29) is 0 Å². The molecule has 0 heterocycles. The predicted octanol–water partition coefficient (Wildman–Crippen LogP) is 3.77. The van der Waals surface area contributed by atoms with Crippen LogP contribution in [0.3, 0.4) is 0 Å². The van der Waals surface area contributed by atoms with Crippen LogP contribution in [0.25, 0.3) is 16.7 Å². The zero-order valence-corrected chi connectivity index (χ0v) is 10.5. The highest BCUT2D eigenvalue weighted by atomic mass is 16.4. The van der Waals surface area contributed by atoms with Crippen LogP contribution in [0, 0.1) is 0 Å². The Labute approximate surface area is 112 Å². The molecule has 1 N–H and O–H groups in total. The van der Waals surface area contributed by atoms with E-state index in [1.54, 1.807) is 0 Å². The summed E-state index contributed by atoms with van der Waals surface area (Å²) < 4.78 is 0. The number of carboxylic acid groups (broad SMARTS) is 1. The highest BCUT2D eigenvalue weighted by molar-refractivity contribution is 5.94. The minimum atomic E-state index is -0.879. The van der Waals surface area contributed by atoms with Crippen molar-refractivity contribution in [2.75, 3.05) is 0 Å². The van der Waals surface area contributed by atoms with Crippen LogP contribution < -0.4 is 0 Å². The van der Waals surface area contributed by atoms with Gasteiger partial charge in [-0.3, -0.25) is 0 Å². The fourth-order valence-electron chi connectivity index (χ4n) is 2.70. The minimum Gasteiger partial charge on any atom is -0.478 e. The number of carbonyl (C=O) groups is 1. The van der Waals surface area contributed by atoms with Gasteiger partial charge in [0, 0.05) is 6.08 Å².